The second-order valence-electron chi connectivity index (χ2n) is 8.02. The number of hydrogen-bond donors (Lipinski definition) is 6. The Balaban J connectivity index is 0.000000193. The van der Waals surface area contributed by atoms with E-state index in [0.29, 0.717) is 32.0 Å². The molecule has 0 spiro atoms. The van der Waals surface area contributed by atoms with Crippen LogP contribution >= 0.6 is 22.7 Å². The number of anilines is 5. The van der Waals surface area contributed by atoms with Crippen molar-refractivity contribution in [1.29, 1.82) is 0 Å². The molecule has 2 aromatic carbocycles. The van der Waals surface area contributed by atoms with Gasteiger partial charge in [0.05, 0.1) is 23.2 Å². The molecular weight excluding hydrogens is 631 g/mol. The van der Waals surface area contributed by atoms with Crippen molar-refractivity contribution in [3.8, 4) is 0 Å². The molecule has 0 bridgehead atoms. The number of aromatic amines is 1. The van der Waals surface area contributed by atoms with Crippen molar-refractivity contribution in [2.24, 2.45) is 10.3 Å². The van der Waals surface area contributed by atoms with Crippen LogP contribution in [0.15, 0.2) is 69.4 Å². The van der Waals surface area contributed by atoms with Gasteiger partial charge in [-0.15, -0.1) is 0 Å². The molecule has 0 aliphatic rings. The van der Waals surface area contributed by atoms with Gasteiger partial charge >= 0.3 is 5.97 Å². The van der Waals surface area contributed by atoms with E-state index in [4.69, 9.17) is 16.0 Å². The van der Waals surface area contributed by atoms with Gasteiger partial charge in [0.25, 0.3) is 5.56 Å². The summed E-state index contributed by atoms with van der Waals surface area (Å²) in [6, 6.07) is 11.6. The molecule has 3 aromatic heterocycles. The van der Waals surface area contributed by atoms with E-state index in [9.17, 15) is 26.4 Å². The number of esters is 1. The molecule has 0 saturated carbocycles. The number of ether oxygens (including phenoxy) is 1. The number of hydrogen-bond acceptors (Lipinski definition) is 15. The zero-order valence-electron chi connectivity index (χ0n) is 21.3. The third-order valence-electron chi connectivity index (χ3n) is 5.09. The van der Waals surface area contributed by atoms with Crippen molar-refractivity contribution in [3.05, 3.63) is 70.1 Å². The summed E-state index contributed by atoms with van der Waals surface area (Å²) in [4.78, 5) is 37.8. The summed E-state index contributed by atoms with van der Waals surface area (Å²) in [7, 11) is -6.20. The highest BCUT2D eigenvalue weighted by molar-refractivity contribution is 7.89. The first-order valence-electron chi connectivity index (χ1n) is 11.2. The monoisotopic (exact) mass is 651 g/mol. The van der Waals surface area contributed by atoms with Gasteiger partial charge in [-0.2, -0.15) is 4.98 Å². The van der Waals surface area contributed by atoms with Crippen LogP contribution in [0, 0.1) is 0 Å². The number of benzene rings is 2. The number of rotatable bonds is 7. The first-order chi connectivity index (χ1) is 19.7. The van der Waals surface area contributed by atoms with Crippen molar-refractivity contribution >= 4 is 86.5 Å². The topological polar surface area (TPSA) is 268 Å². The van der Waals surface area contributed by atoms with Crippen molar-refractivity contribution in [2.45, 2.75) is 9.79 Å². The molecule has 0 fully saturated rings. The Kier molecular flexibility index (Phi) is 8.84. The fourth-order valence-corrected chi connectivity index (χ4v) is 5.84. The summed E-state index contributed by atoms with van der Waals surface area (Å²) < 4.78 is 49.6. The van der Waals surface area contributed by atoms with E-state index in [1.165, 1.54) is 49.8 Å². The summed E-state index contributed by atoms with van der Waals surface area (Å²) >= 11 is 2.19. The largest absolute Gasteiger partial charge is 0.465 e. The second-order valence-corrected chi connectivity index (χ2v) is 13.1. The summed E-state index contributed by atoms with van der Waals surface area (Å²) in [6.07, 6.45) is 1.29. The van der Waals surface area contributed by atoms with Crippen LogP contribution in [0.1, 0.15) is 9.67 Å². The number of sulfonamides is 2. The summed E-state index contributed by atoms with van der Waals surface area (Å²) in [5, 5.41) is 16.8. The maximum absolute atomic E-state index is 11.6. The molecule has 0 aliphatic heterocycles. The van der Waals surface area contributed by atoms with Gasteiger partial charge in [-0.3, -0.25) is 4.79 Å². The highest BCUT2D eigenvalue weighted by Crippen LogP contribution is 2.28. The number of aromatic nitrogens is 4. The van der Waals surface area contributed by atoms with Gasteiger partial charge in [0, 0.05) is 11.4 Å². The van der Waals surface area contributed by atoms with E-state index in [1.807, 2.05) is 0 Å². The first kappa shape index (κ1) is 30.5. The SMILES string of the molecule is COC(=O)c1sc(Nc2ccc(S(N)(=O)=O)cc2)nc1N.NS(=O)(=O)c1ccc(Nc2nc3nc[nH]c(=O)c3s2)cc1. The minimum Gasteiger partial charge on any atom is -0.465 e. The number of primary sulfonamides is 2. The predicted octanol–water partition coefficient (Wildman–Crippen LogP) is 1.67. The quantitative estimate of drug-likeness (QED) is 0.137. The standard InChI is InChI=1S/C11H9N5O3S2.C11H12N4O4S2/c12-21(18,19)7-3-1-6(2-4-7)15-11-16-9-8(20-11)10(17)14-5-13-9;1-19-10(16)8-9(12)15-11(20-8)14-6-2-4-7(5-3-6)21(13,17)18/h1-5H,(H2,12,18,19)(H2,13,14,15,16,17);2-5H,12H2,1H3,(H,14,15)(H2,13,17,18). The molecule has 42 heavy (non-hydrogen) atoms. The average molecular weight is 652 g/mol. The number of nitrogens with two attached hydrogens (primary N) is 3. The van der Waals surface area contributed by atoms with Crippen LogP contribution in [-0.4, -0.2) is 49.9 Å². The fourth-order valence-electron chi connectivity index (χ4n) is 3.15. The molecule has 3 heterocycles. The Hall–Kier alpha value is -4.47. The minimum absolute atomic E-state index is 0.00181. The fraction of sp³-hybridized carbons (Fsp3) is 0.0455. The molecule has 16 nitrogen and oxygen atoms in total. The van der Waals surface area contributed by atoms with E-state index in [-0.39, 0.29) is 26.0 Å². The van der Waals surface area contributed by atoms with E-state index >= 15 is 0 Å². The number of methoxy groups -OCH3 is 1. The summed E-state index contributed by atoms with van der Waals surface area (Å²) in [5.74, 6) is -0.502. The van der Waals surface area contributed by atoms with Gasteiger partial charge < -0.3 is 26.1 Å². The highest BCUT2D eigenvalue weighted by Gasteiger charge is 2.17. The maximum atomic E-state index is 11.6. The Morgan fingerprint density at radius 1 is 0.857 bits per heavy atom. The van der Waals surface area contributed by atoms with Crippen LogP contribution in [0.5, 0.6) is 0 Å². The summed E-state index contributed by atoms with van der Waals surface area (Å²) in [6.45, 7) is 0. The molecule has 0 aliphatic carbocycles. The predicted molar refractivity (Wildman–Crippen MR) is 158 cm³/mol. The molecule has 0 radical (unpaired) electrons. The Morgan fingerprint density at radius 3 is 1.81 bits per heavy atom. The van der Waals surface area contributed by atoms with Crippen molar-refractivity contribution in [3.63, 3.8) is 0 Å². The lowest BCUT2D eigenvalue weighted by Gasteiger charge is -2.03. The highest BCUT2D eigenvalue weighted by atomic mass is 32.2. The van der Waals surface area contributed by atoms with Crippen LogP contribution in [0.3, 0.4) is 0 Å². The van der Waals surface area contributed by atoms with Gasteiger partial charge in [-0.1, -0.05) is 22.7 Å². The van der Waals surface area contributed by atoms with Crippen LogP contribution < -0.4 is 32.2 Å². The van der Waals surface area contributed by atoms with Gasteiger partial charge in [0.1, 0.15) is 4.70 Å². The van der Waals surface area contributed by atoms with Gasteiger partial charge in [0.15, 0.2) is 26.6 Å². The van der Waals surface area contributed by atoms with E-state index in [1.54, 1.807) is 12.1 Å². The number of nitrogens with zero attached hydrogens (tertiary/aromatic N) is 3. The Bertz CT molecular complexity index is 2020. The lowest BCUT2D eigenvalue weighted by molar-refractivity contribution is 0.0607. The van der Waals surface area contributed by atoms with Gasteiger partial charge in [-0.05, 0) is 48.5 Å². The Labute approximate surface area is 245 Å². The smallest absolute Gasteiger partial charge is 0.351 e. The number of nitrogens with one attached hydrogen (secondary N) is 3. The van der Waals surface area contributed by atoms with Gasteiger partial charge in [0.2, 0.25) is 20.0 Å². The van der Waals surface area contributed by atoms with Crippen molar-refractivity contribution in [1.82, 2.24) is 19.9 Å². The molecule has 0 amide bonds. The number of carbonyl (C=O) groups excluding carboxylic acids is 1. The van der Waals surface area contributed by atoms with Crippen LogP contribution in [0.2, 0.25) is 0 Å². The maximum Gasteiger partial charge on any atom is 0.351 e. The Morgan fingerprint density at radius 2 is 1.36 bits per heavy atom. The number of fused-ring (bicyclic) bond motifs is 1. The zero-order valence-corrected chi connectivity index (χ0v) is 24.5. The van der Waals surface area contributed by atoms with Crippen molar-refractivity contribution < 1.29 is 26.4 Å². The third kappa shape index (κ3) is 7.43. The number of carbonyl (C=O) groups is 1. The van der Waals surface area contributed by atoms with E-state index < -0.39 is 26.0 Å². The average Bonchev–Trinajstić information content (AvgIpc) is 3.51. The summed E-state index contributed by atoms with van der Waals surface area (Å²) in [5.41, 5.74) is 6.91. The van der Waals surface area contributed by atoms with E-state index in [0.717, 1.165) is 22.7 Å². The minimum atomic E-state index is -3.73. The van der Waals surface area contributed by atoms with Crippen LogP contribution in [-0.2, 0) is 24.8 Å². The first-order valence-corrected chi connectivity index (χ1v) is 16.0. The lowest BCUT2D eigenvalue weighted by Crippen LogP contribution is -2.11. The molecule has 5 aromatic rings. The third-order valence-corrected chi connectivity index (χ3v) is 8.87. The molecule has 9 N–H and O–H groups in total. The number of thiazole rings is 2. The molecule has 20 heteroatoms. The molecule has 0 atom stereocenters. The van der Waals surface area contributed by atoms with Gasteiger partial charge in [-0.25, -0.2) is 41.9 Å². The van der Waals surface area contributed by atoms with Crippen LogP contribution in [0.4, 0.5) is 27.5 Å². The van der Waals surface area contributed by atoms with E-state index in [2.05, 4.69) is 35.3 Å². The normalized spacial score (nSPS) is 11.4. The number of H-pyrrole nitrogens is 1. The van der Waals surface area contributed by atoms with Crippen LogP contribution in [0.25, 0.3) is 10.3 Å². The number of nitrogen functional groups attached to an aromatic ring is 1. The molecule has 0 saturated heterocycles. The molecule has 220 valence electrons. The molecule has 0 unspecified atom stereocenters. The lowest BCUT2D eigenvalue weighted by atomic mass is 10.3. The van der Waals surface area contributed by atoms with Crippen molar-refractivity contribution in [2.75, 3.05) is 23.5 Å². The molecular formula is C22H21N9O7S4. The zero-order chi connectivity index (χ0) is 30.7. The second kappa shape index (κ2) is 12.2. The molecule has 5 rings (SSSR count).